The van der Waals surface area contributed by atoms with Crippen LogP contribution in [0, 0.1) is 6.92 Å². The number of ether oxygens (including phenoxy) is 1. The van der Waals surface area contributed by atoms with Crippen LogP contribution in [0.25, 0.3) is 0 Å². The van der Waals surface area contributed by atoms with Crippen LogP contribution in [0.1, 0.15) is 22.8 Å². The Hall–Kier alpha value is -1.39. The Balaban J connectivity index is 2.15. The van der Waals surface area contributed by atoms with Crippen molar-refractivity contribution in [3.8, 4) is 5.75 Å². The number of aliphatic hydroxyl groups is 1. The first-order valence-electron chi connectivity index (χ1n) is 6.02. The number of aromatic nitrogens is 1. The van der Waals surface area contributed by atoms with Crippen molar-refractivity contribution >= 4 is 15.9 Å². The molecule has 19 heavy (non-hydrogen) atoms. The van der Waals surface area contributed by atoms with Gasteiger partial charge in [-0.25, -0.2) is 0 Å². The van der Waals surface area contributed by atoms with Gasteiger partial charge in [-0.15, -0.1) is 0 Å². The molecule has 0 aliphatic heterocycles. The molecule has 100 valence electrons. The van der Waals surface area contributed by atoms with E-state index in [4.69, 9.17) is 4.74 Å². The quantitative estimate of drug-likeness (QED) is 0.938. The molecular weight excluding hydrogens is 306 g/mol. The van der Waals surface area contributed by atoms with E-state index in [0.717, 1.165) is 26.9 Å². The standard InChI is InChI=1S/C15H16BrNO2/c1-10-5-12(3-4-15(10)19-2)14(18)7-11-6-13(16)9-17-8-11/h3-6,8-9,14,18H,7H2,1-2H3. The van der Waals surface area contributed by atoms with Crippen molar-refractivity contribution in [3.05, 3.63) is 57.8 Å². The molecule has 0 radical (unpaired) electrons. The largest absolute Gasteiger partial charge is 0.496 e. The molecule has 0 aliphatic rings. The molecular formula is C15H16BrNO2. The number of aryl methyl sites for hydroxylation is 1. The lowest BCUT2D eigenvalue weighted by atomic mass is 10.0. The number of hydrogen-bond donors (Lipinski definition) is 1. The monoisotopic (exact) mass is 321 g/mol. The Morgan fingerprint density at radius 3 is 2.74 bits per heavy atom. The normalized spacial score (nSPS) is 12.2. The Morgan fingerprint density at radius 1 is 1.32 bits per heavy atom. The number of nitrogens with zero attached hydrogens (tertiary/aromatic N) is 1. The number of benzene rings is 1. The Bertz CT molecular complexity index is 572. The number of hydrogen-bond acceptors (Lipinski definition) is 3. The van der Waals surface area contributed by atoms with Crippen LogP contribution in [0.4, 0.5) is 0 Å². The smallest absolute Gasteiger partial charge is 0.121 e. The van der Waals surface area contributed by atoms with Crippen LogP contribution in [0.5, 0.6) is 5.75 Å². The van der Waals surface area contributed by atoms with Gasteiger partial charge >= 0.3 is 0 Å². The van der Waals surface area contributed by atoms with Crippen molar-refractivity contribution in [2.75, 3.05) is 7.11 Å². The van der Waals surface area contributed by atoms with Gasteiger partial charge in [-0.2, -0.15) is 0 Å². The van der Waals surface area contributed by atoms with E-state index in [9.17, 15) is 5.11 Å². The first kappa shape index (κ1) is 14.0. The first-order chi connectivity index (χ1) is 9.10. The van der Waals surface area contributed by atoms with E-state index in [-0.39, 0.29) is 0 Å². The SMILES string of the molecule is COc1ccc(C(O)Cc2cncc(Br)c2)cc1C. The second-order valence-electron chi connectivity index (χ2n) is 4.46. The zero-order valence-corrected chi connectivity index (χ0v) is 12.5. The number of pyridine rings is 1. The highest BCUT2D eigenvalue weighted by Crippen LogP contribution is 2.25. The summed E-state index contributed by atoms with van der Waals surface area (Å²) in [6, 6.07) is 7.69. The molecule has 1 aromatic heterocycles. The molecule has 0 spiro atoms. The Kier molecular flexibility index (Phi) is 4.56. The zero-order chi connectivity index (χ0) is 13.8. The van der Waals surface area contributed by atoms with Gasteiger partial charge in [0, 0.05) is 23.3 Å². The fourth-order valence-electron chi connectivity index (χ4n) is 2.02. The molecule has 1 atom stereocenters. The van der Waals surface area contributed by atoms with Crippen LogP contribution in [0.15, 0.2) is 41.1 Å². The average molecular weight is 322 g/mol. The van der Waals surface area contributed by atoms with E-state index in [0.29, 0.717) is 6.42 Å². The summed E-state index contributed by atoms with van der Waals surface area (Å²) < 4.78 is 6.14. The fourth-order valence-corrected chi connectivity index (χ4v) is 2.43. The first-order valence-corrected chi connectivity index (χ1v) is 6.81. The van der Waals surface area contributed by atoms with Gasteiger partial charge in [0.2, 0.25) is 0 Å². The minimum absolute atomic E-state index is 0.540. The van der Waals surface area contributed by atoms with Gasteiger partial charge < -0.3 is 9.84 Å². The highest BCUT2D eigenvalue weighted by atomic mass is 79.9. The summed E-state index contributed by atoms with van der Waals surface area (Å²) in [7, 11) is 1.64. The van der Waals surface area contributed by atoms with E-state index < -0.39 is 6.10 Å². The molecule has 2 aromatic rings. The van der Waals surface area contributed by atoms with Crippen molar-refractivity contribution in [2.45, 2.75) is 19.4 Å². The van der Waals surface area contributed by atoms with Crippen LogP contribution < -0.4 is 4.74 Å². The number of rotatable bonds is 4. The second kappa shape index (κ2) is 6.17. The molecule has 0 bridgehead atoms. The summed E-state index contributed by atoms with van der Waals surface area (Å²) in [5.41, 5.74) is 2.90. The minimum atomic E-state index is -0.541. The lowest BCUT2D eigenvalue weighted by Gasteiger charge is -2.13. The summed E-state index contributed by atoms with van der Waals surface area (Å²) in [5, 5.41) is 10.3. The zero-order valence-electron chi connectivity index (χ0n) is 10.9. The van der Waals surface area contributed by atoms with Crippen molar-refractivity contribution in [3.63, 3.8) is 0 Å². The molecule has 0 saturated carbocycles. The molecule has 0 saturated heterocycles. The molecule has 4 heteroatoms. The van der Waals surface area contributed by atoms with Crippen molar-refractivity contribution in [1.29, 1.82) is 0 Å². The van der Waals surface area contributed by atoms with Gasteiger partial charge in [0.15, 0.2) is 0 Å². The maximum atomic E-state index is 10.3. The van der Waals surface area contributed by atoms with Crippen molar-refractivity contribution in [1.82, 2.24) is 4.98 Å². The highest BCUT2D eigenvalue weighted by molar-refractivity contribution is 9.10. The molecule has 1 unspecified atom stereocenters. The third-order valence-corrected chi connectivity index (χ3v) is 3.43. The van der Waals surface area contributed by atoms with Crippen molar-refractivity contribution in [2.24, 2.45) is 0 Å². The summed E-state index contributed by atoms with van der Waals surface area (Å²) in [4.78, 5) is 4.10. The van der Waals surface area contributed by atoms with Gasteiger partial charge in [-0.3, -0.25) is 4.98 Å². The van der Waals surface area contributed by atoms with Crippen LogP contribution >= 0.6 is 15.9 Å². The summed E-state index contributed by atoms with van der Waals surface area (Å²) in [6.07, 6.45) is 3.50. The number of aliphatic hydroxyl groups excluding tert-OH is 1. The van der Waals surface area contributed by atoms with E-state index in [1.165, 1.54) is 0 Å². The van der Waals surface area contributed by atoms with E-state index in [1.54, 1.807) is 19.5 Å². The molecule has 0 fully saturated rings. The molecule has 1 N–H and O–H groups in total. The van der Waals surface area contributed by atoms with Gasteiger partial charge in [0.1, 0.15) is 5.75 Å². The predicted octanol–water partition coefficient (Wildman–Crippen LogP) is 3.44. The molecule has 1 heterocycles. The third-order valence-electron chi connectivity index (χ3n) is 2.99. The van der Waals surface area contributed by atoms with Gasteiger partial charge in [0.25, 0.3) is 0 Å². The number of methoxy groups -OCH3 is 1. The maximum absolute atomic E-state index is 10.3. The van der Waals surface area contributed by atoms with Crippen LogP contribution in [0.2, 0.25) is 0 Å². The fraction of sp³-hybridized carbons (Fsp3) is 0.267. The average Bonchev–Trinajstić information content (AvgIpc) is 2.38. The summed E-state index contributed by atoms with van der Waals surface area (Å²) in [5.74, 6) is 0.833. The van der Waals surface area contributed by atoms with Crippen molar-refractivity contribution < 1.29 is 9.84 Å². The molecule has 3 nitrogen and oxygen atoms in total. The Labute approximate surface area is 121 Å². The predicted molar refractivity (Wildman–Crippen MR) is 78.3 cm³/mol. The molecule has 2 rings (SSSR count). The van der Waals surface area contributed by atoms with Crippen LogP contribution in [-0.2, 0) is 6.42 Å². The highest BCUT2D eigenvalue weighted by Gasteiger charge is 2.11. The van der Waals surface area contributed by atoms with Gasteiger partial charge in [0.05, 0.1) is 13.2 Å². The molecule has 0 aliphatic carbocycles. The van der Waals surface area contributed by atoms with Crippen LogP contribution in [0.3, 0.4) is 0 Å². The second-order valence-corrected chi connectivity index (χ2v) is 5.38. The lowest BCUT2D eigenvalue weighted by Crippen LogP contribution is -2.03. The van der Waals surface area contributed by atoms with Gasteiger partial charge in [-0.05, 0) is 57.7 Å². The van der Waals surface area contributed by atoms with E-state index >= 15 is 0 Å². The van der Waals surface area contributed by atoms with Crippen LogP contribution in [-0.4, -0.2) is 17.2 Å². The summed E-state index contributed by atoms with van der Waals surface area (Å²) in [6.45, 7) is 1.97. The minimum Gasteiger partial charge on any atom is -0.496 e. The van der Waals surface area contributed by atoms with E-state index in [1.807, 2.05) is 31.2 Å². The van der Waals surface area contributed by atoms with Gasteiger partial charge in [-0.1, -0.05) is 6.07 Å². The molecule has 0 amide bonds. The summed E-state index contributed by atoms with van der Waals surface area (Å²) >= 11 is 3.38. The maximum Gasteiger partial charge on any atom is 0.121 e. The third kappa shape index (κ3) is 3.55. The Morgan fingerprint density at radius 2 is 2.11 bits per heavy atom. The van der Waals surface area contributed by atoms with E-state index in [2.05, 4.69) is 20.9 Å². The lowest BCUT2D eigenvalue weighted by molar-refractivity contribution is 0.178. The number of halogens is 1. The topological polar surface area (TPSA) is 42.4 Å². The molecule has 1 aromatic carbocycles.